The third kappa shape index (κ3) is 5.95. The van der Waals surface area contributed by atoms with E-state index in [2.05, 4.69) is 38.3 Å². The molecule has 1 aromatic carbocycles. The van der Waals surface area contributed by atoms with Crippen molar-refractivity contribution >= 4 is 17.4 Å². The zero-order valence-electron chi connectivity index (χ0n) is 17.7. The summed E-state index contributed by atoms with van der Waals surface area (Å²) in [6.07, 6.45) is 6.19. The van der Waals surface area contributed by atoms with E-state index < -0.39 is 0 Å². The van der Waals surface area contributed by atoms with Crippen LogP contribution in [0.3, 0.4) is 0 Å². The van der Waals surface area contributed by atoms with Gasteiger partial charge in [0.25, 0.3) is 0 Å². The van der Waals surface area contributed by atoms with Gasteiger partial charge in [-0.05, 0) is 84.0 Å². The zero-order chi connectivity index (χ0) is 20.4. The molecule has 28 heavy (non-hydrogen) atoms. The summed E-state index contributed by atoms with van der Waals surface area (Å²) in [5.41, 5.74) is 0.784. The molecule has 0 saturated carbocycles. The monoisotopic (exact) mass is 406 g/mol. The Morgan fingerprint density at radius 2 is 1.89 bits per heavy atom. The largest absolute Gasteiger partial charge is 0.490 e. The number of ketones is 1. The molecule has 0 radical (unpaired) electrons. The van der Waals surface area contributed by atoms with Crippen molar-refractivity contribution in [3.63, 3.8) is 0 Å². The third-order valence-electron chi connectivity index (χ3n) is 5.86. The predicted molar refractivity (Wildman–Crippen MR) is 116 cm³/mol. The molecule has 2 aliphatic rings. The molecule has 0 aliphatic carbocycles. The van der Waals surface area contributed by atoms with Crippen LogP contribution in [-0.2, 0) is 0 Å². The molecule has 1 unspecified atom stereocenters. The Labute approximate surface area is 174 Å². The van der Waals surface area contributed by atoms with Gasteiger partial charge in [0, 0.05) is 29.1 Å². The Morgan fingerprint density at radius 1 is 1.18 bits per heavy atom. The second-order valence-electron chi connectivity index (χ2n) is 9.90. The molecule has 2 saturated heterocycles. The maximum atomic E-state index is 12.9. The third-order valence-corrected chi connectivity index (χ3v) is 6.15. The molecule has 2 fully saturated rings. The minimum Gasteiger partial charge on any atom is -0.490 e. The van der Waals surface area contributed by atoms with Crippen LogP contribution in [0.1, 0.15) is 76.6 Å². The van der Waals surface area contributed by atoms with E-state index in [0.29, 0.717) is 41.3 Å². The van der Waals surface area contributed by atoms with E-state index in [1.807, 2.05) is 12.1 Å². The maximum Gasteiger partial charge on any atom is 0.163 e. The molecule has 2 heterocycles. The van der Waals surface area contributed by atoms with E-state index in [1.165, 1.54) is 12.8 Å². The van der Waals surface area contributed by atoms with Crippen molar-refractivity contribution in [2.45, 2.75) is 83.3 Å². The molecular weight excluding hydrogens is 372 g/mol. The molecule has 0 amide bonds. The maximum absolute atomic E-state index is 12.9. The van der Waals surface area contributed by atoms with Gasteiger partial charge in [-0.3, -0.25) is 4.79 Å². The molecule has 5 heteroatoms. The second kappa shape index (κ2) is 8.73. The number of hydrogen-bond donors (Lipinski definition) is 2. The van der Waals surface area contributed by atoms with Crippen molar-refractivity contribution in [1.29, 1.82) is 0 Å². The number of carbonyl (C=O) groups is 1. The minimum atomic E-state index is 0.0508. The highest BCUT2D eigenvalue weighted by Gasteiger charge is 2.38. The zero-order valence-corrected chi connectivity index (χ0v) is 18.5. The average molecular weight is 407 g/mol. The van der Waals surface area contributed by atoms with E-state index in [0.717, 1.165) is 25.8 Å². The summed E-state index contributed by atoms with van der Waals surface area (Å²) in [6.45, 7) is 10.5. The summed E-state index contributed by atoms with van der Waals surface area (Å²) < 4.78 is 5.90. The molecule has 0 bridgehead atoms. The van der Waals surface area contributed by atoms with Gasteiger partial charge >= 0.3 is 0 Å². The van der Waals surface area contributed by atoms with Crippen LogP contribution >= 0.6 is 11.6 Å². The molecule has 4 nitrogen and oxygen atoms in total. The molecule has 1 aromatic rings. The first kappa shape index (κ1) is 21.6. The number of piperidine rings is 2. The molecule has 3 rings (SSSR count). The lowest BCUT2D eigenvalue weighted by molar-refractivity contribution is 0.0864. The number of hydrogen-bond acceptors (Lipinski definition) is 4. The first-order valence-corrected chi connectivity index (χ1v) is 11.0. The lowest BCUT2D eigenvalue weighted by Crippen LogP contribution is -2.57. The quantitative estimate of drug-likeness (QED) is 0.653. The Balaban J connectivity index is 1.58. The first-order valence-electron chi connectivity index (χ1n) is 10.6. The van der Waals surface area contributed by atoms with Crippen LogP contribution < -0.4 is 15.4 Å². The Morgan fingerprint density at radius 3 is 2.50 bits per heavy atom. The Bertz CT molecular complexity index is 680. The van der Waals surface area contributed by atoms with Gasteiger partial charge in [-0.1, -0.05) is 18.0 Å². The molecular formula is C23H35ClN2O2. The van der Waals surface area contributed by atoms with E-state index in [9.17, 15) is 4.79 Å². The fourth-order valence-corrected chi connectivity index (χ4v) is 5.34. The van der Waals surface area contributed by atoms with Crippen molar-refractivity contribution in [3.8, 4) is 5.75 Å². The highest BCUT2D eigenvalue weighted by atomic mass is 35.5. The summed E-state index contributed by atoms with van der Waals surface area (Å²) in [5, 5.41) is 7.67. The number of Topliss-reactive ketones (excluding diaryl/α,β-unsaturated/α-hetero) is 1. The van der Waals surface area contributed by atoms with Crippen LogP contribution in [0.25, 0.3) is 0 Å². The van der Waals surface area contributed by atoms with Crippen molar-refractivity contribution < 1.29 is 9.53 Å². The van der Waals surface area contributed by atoms with E-state index >= 15 is 0 Å². The fraction of sp³-hybridized carbons (Fsp3) is 0.696. The summed E-state index contributed by atoms with van der Waals surface area (Å²) >= 11 is 6.42. The lowest BCUT2D eigenvalue weighted by atomic mass is 9.74. The minimum absolute atomic E-state index is 0.0508. The van der Waals surface area contributed by atoms with Crippen LogP contribution in [0, 0.1) is 5.92 Å². The van der Waals surface area contributed by atoms with Gasteiger partial charge in [0.15, 0.2) is 5.78 Å². The molecule has 2 N–H and O–H groups in total. The number of carbonyl (C=O) groups excluding carboxylic acids is 1. The van der Waals surface area contributed by atoms with Gasteiger partial charge in [0.2, 0.25) is 0 Å². The molecule has 156 valence electrons. The highest BCUT2D eigenvalue weighted by Crippen LogP contribution is 2.36. The average Bonchev–Trinajstić information content (AvgIpc) is 2.58. The number of rotatable bonds is 6. The smallest absolute Gasteiger partial charge is 0.163 e. The molecule has 0 spiro atoms. The summed E-state index contributed by atoms with van der Waals surface area (Å²) in [4.78, 5) is 12.9. The van der Waals surface area contributed by atoms with Gasteiger partial charge in [0.05, 0.1) is 5.02 Å². The van der Waals surface area contributed by atoms with Crippen molar-refractivity contribution in [2.24, 2.45) is 5.92 Å². The summed E-state index contributed by atoms with van der Waals surface area (Å²) in [7, 11) is 0. The lowest BCUT2D eigenvalue weighted by Gasteiger charge is -2.46. The molecule has 0 aromatic heterocycles. The van der Waals surface area contributed by atoms with Crippen LogP contribution in [-0.4, -0.2) is 36.1 Å². The fourth-order valence-electron chi connectivity index (χ4n) is 5.11. The first-order chi connectivity index (χ1) is 13.1. The van der Waals surface area contributed by atoms with E-state index in [4.69, 9.17) is 16.3 Å². The van der Waals surface area contributed by atoms with Crippen LogP contribution in [0.15, 0.2) is 18.2 Å². The molecule has 2 aliphatic heterocycles. The Hall–Kier alpha value is -1.10. The van der Waals surface area contributed by atoms with Crippen molar-refractivity contribution in [1.82, 2.24) is 10.6 Å². The standard InChI is InChI=1S/C23H35ClN2O2/c1-22(2)13-16(14-23(3,4)26-22)11-20(27)17-8-9-21(19(24)12-17)28-15-18-7-5-6-10-25-18/h8-9,12,16,18,25-26H,5-7,10-11,13-15H2,1-4H3. The topological polar surface area (TPSA) is 50.4 Å². The SMILES string of the molecule is CC1(C)CC(CC(=O)c2ccc(OCC3CCCCN3)c(Cl)c2)CC(C)(C)N1. The van der Waals surface area contributed by atoms with Crippen LogP contribution in [0.2, 0.25) is 5.02 Å². The number of halogens is 1. The number of ether oxygens (including phenoxy) is 1. The highest BCUT2D eigenvalue weighted by molar-refractivity contribution is 6.32. The van der Waals surface area contributed by atoms with Crippen molar-refractivity contribution in [3.05, 3.63) is 28.8 Å². The van der Waals surface area contributed by atoms with Gasteiger partial charge in [-0.2, -0.15) is 0 Å². The second-order valence-corrected chi connectivity index (χ2v) is 10.3. The van der Waals surface area contributed by atoms with Gasteiger partial charge < -0.3 is 15.4 Å². The Kier molecular flexibility index (Phi) is 6.73. The molecule has 1 atom stereocenters. The van der Waals surface area contributed by atoms with E-state index in [1.54, 1.807) is 6.07 Å². The summed E-state index contributed by atoms with van der Waals surface area (Å²) in [6, 6.07) is 5.85. The van der Waals surface area contributed by atoms with E-state index in [-0.39, 0.29) is 16.9 Å². The number of benzene rings is 1. The number of nitrogens with one attached hydrogen (secondary N) is 2. The normalized spacial score (nSPS) is 24.7. The summed E-state index contributed by atoms with van der Waals surface area (Å²) in [5.74, 6) is 1.21. The van der Waals surface area contributed by atoms with Gasteiger partial charge in [-0.25, -0.2) is 0 Å². The van der Waals surface area contributed by atoms with Crippen LogP contribution in [0.5, 0.6) is 5.75 Å². The van der Waals surface area contributed by atoms with Gasteiger partial charge in [-0.15, -0.1) is 0 Å². The van der Waals surface area contributed by atoms with Crippen LogP contribution in [0.4, 0.5) is 0 Å². The van der Waals surface area contributed by atoms with Gasteiger partial charge in [0.1, 0.15) is 12.4 Å². The predicted octanol–water partition coefficient (Wildman–Crippen LogP) is 4.99. The van der Waals surface area contributed by atoms with Crippen molar-refractivity contribution in [2.75, 3.05) is 13.2 Å².